The number of anilines is 2. The minimum atomic E-state index is -0.348. The molecule has 3 aromatic rings. The molecule has 39 heavy (non-hydrogen) atoms. The number of ketones is 1. The van der Waals surface area contributed by atoms with Crippen LogP contribution in [0.25, 0.3) is 22.5 Å². The van der Waals surface area contributed by atoms with E-state index in [4.69, 9.17) is 0 Å². The fourth-order valence-corrected chi connectivity index (χ4v) is 5.74. The number of piperazine rings is 2. The zero-order valence-corrected chi connectivity index (χ0v) is 22.8. The molecular weight excluding hydrogens is 492 g/mol. The Balaban J connectivity index is 1.18. The van der Waals surface area contributed by atoms with E-state index in [1.165, 1.54) is 5.69 Å². The van der Waals surface area contributed by atoms with Crippen molar-refractivity contribution in [2.45, 2.75) is 19.9 Å². The second kappa shape index (κ2) is 10.4. The lowest BCUT2D eigenvalue weighted by molar-refractivity contribution is 0.104. The van der Waals surface area contributed by atoms with Gasteiger partial charge in [-0.05, 0) is 39.1 Å². The maximum Gasteiger partial charge on any atom is 0.333 e. The van der Waals surface area contributed by atoms with Crippen molar-refractivity contribution in [3.63, 3.8) is 0 Å². The number of urea groups is 1. The van der Waals surface area contributed by atoms with Gasteiger partial charge in [-0.25, -0.2) is 9.80 Å². The third-order valence-electron chi connectivity index (χ3n) is 8.12. The molecule has 2 fully saturated rings. The standard InChI is InChI=1S/C29H36N8O2/c1-19(2)35-13-15-36(16-14-35)21-9-7-20(8-10-21)26-25-27(32-31-26)22-5-4-6-23(24(22)28(25)38)30-29(39)33-37-17-11-34(3)12-18-37/h4-10,19H,11-18H2,1-3H3,(H,31,32)(H2,30,33,39). The van der Waals surface area contributed by atoms with Crippen LogP contribution in [-0.2, 0) is 0 Å². The average molecular weight is 529 g/mol. The number of nitrogens with one attached hydrogen (secondary N) is 3. The van der Waals surface area contributed by atoms with E-state index in [9.17, 15) is 9.59 Å². The summed E-state index contributed by atoms with van der Waals surface area (Å²) >= 11 is 0. The average Bonchev–Trinajstić information content (AvgIpc) is 3.50. The summed E-state index contributed by atoms with van der Waals surface area (Å²) < 4.78 is 0. The van der Waals surface area contributed by atoms with Crippen LogP contribution in [0.5, 0.6) is 0 Å². The van der Waals surface area contributed by atoms with Gasteiger partial charge in [0.25, 0.3) is 0 Å². The summed E-state index contributed by atoms with van der Waals surface area (Å²) in [5.41, 5.74) is 8.61. The number of aromatic nitrogens is 2. The van der Waals surface area contributed by atoms with E-state index in [2.05, 4.69) is 68.7 Å². The first-order valence-electron chi connectivity index (χ1n) is 13.8. The smallest absolute Gasteiger partial charge is 0.333 e. The lowest BCUT2D eigenvalue weighted by Crippen LogP contribution is -2.53. The van der Waals surface area contributed by atoms with Gasteiger partial charge >= 0.3 is 6.03 Å². The molecule has 2 amide bonds. The SMILES string of the molecule is CC(C)N1CCN(c2ccc(-c3n[nH]c4c3C(=O)c3c(NC(=O)NN5CCN(C)CC5)cccc3-4)cc2)CC1. The van der Waals surface area contributed by atoms with Crippen LogP contribution in [0.15, 0.2) is 42.5 Å². The van der Waals surface area contributed by atoms with E-state index in [1.807, 2.05) is 29.3 Å². The van der Waals surface area contributed by atoms with Gasteiger partial charge < -0.3 is 15.1 Å². The summed E-state index contributed by atoms with van der Waals surface area (Å²) in [7, 11) is 2.07. The van der Waals surface area contributed by atoms with Gasteiger partial charge in [0, 0.05) is 75.2 Å². The number of hydrogen-bond acceptors (Lipinski definition) is 7. The second-order valence-corrected chi connectivity index (χ2v) is 10.9. The molecule has 2 saturated heterocycles. The highest BCUT2D eigenvalue weighted by molar-refractivity contribution is 6.26. The van der Waals surface area contributed by atoms with Gasteiger partial charge in [0.05, 0.1) is 22.5 Å². The molecule has 10 nitrogen and oxygen atoms in total. The van der Waals surface area contributed by atoms with Crippen molar-refractivity contribution in [1.82, 2.24) is 30.4 Å². The molecule has 0 atom stereocenters. The Hall–Kier alpha value is -3.73. The van der Waals surface area contributed by atoms with Gasteiger partial charge in [0.1, 0.15) is 5.69 Å². The number of fused-ring (bicyclic) bond motifs is 3. The second-order valence-electron chi connectivity index (χ2n) is 10.9. The van der Waals surface area contributed by atoms with Crippen molar-refractivity contribution in [1.29, 1.82) is 0 Å². The van der Waals surface area contributed by atoms with Gasteiger partial charge in [0.2, 0.25) is 0 Å². The minimum absolute atomic E-state index is 0.131. The Kier molecular flexibility index (Phi) is 6.84. The number of carbonyl (C=O) groups excluding carboxylic acids is 2. The van der Waals surface area contributed by atoms with Crippen LogP contribution in [0.1, 0.15) is 29.8 Å². The van der Waals surface area contributed by atoms with Gasteiger partial charge in [-0.3, -0.25) is 20.2 Å². The van der Waals surface area contributed by atoms with E-state index in [0.717, 1.165) is 63.5 Å². The molecule has 0 radical (unpaired) electrons. The topological polar surface area (TPSA) is 99.8 Å². The first-order chi connectivity index (χ1) is 18.9. The number of nitrogens with zero attached hydrogens (tertiary/aromatic N) is 5. The molecule has 204 valence electrons. The molecule has 2 aromatic carbocycles. The quantitative estimate of drug-likeness (QED) is 0.366. The Labute approximate surface area is 228 Å². The molecule has 3 aliphatic rings. The van der Waals surface area contributed by atoms with Crippen molar-refractivity contribution < 1.29 is 9.59 Å². The summed E-state index contributed by atoms with van der Waals surface area (Å²) in [6, 6.07) is 14.0. The molecule has 3 N–H and O–H groups in total. The van der Waals surface area contributed by atoms with Crippen LogP contribution in [0.4, 0.5) is 16.2 Å². The lowest BCUT2D eigenvalue weighted by Gasteiger charge is -2.38. The van der Waals surface area contributed by atoms with Crippen molar-refractivity contribution in [3.8, 4) is 22.5 Å². The third-order valence-corrected chi connectivity index (χ3v) is 8.12. The predicted octanol–water partition coefficient (Wildman–Crippen LogP) is 3.10. The summed E-state index contributed by atoms with van der Waals surface area (Å²) in [4.78, 5) is 33.6. The molecule has 3 heterocycles. The minimum Gasteiger partial charge on any atom is -0.369 e. The number of H-pyrrole nitrogens is 1. The number of hydrogen-bond donors (Lipinski definition) is 3. The van der Waals surface area contributed by atoms with Gasteiger partial charge in [-0.1, -0.05) is 24.3 Å². The molecule has 2 aliphatic heterocycles. The molecule has 0 spiro atoms. The highest BCUT2D eigenvalue weighted by Gasteiger charge is 2.35. The number of rotatable bonds is 5. The maximum atomic E-state index is 13.7. The zero-order chi connectivity index (χ0) is 27.1. The number of likely N-dealkylation sites (N-methyl/N-ethyl adjacent to an activating group) is 1. The Morgan fingerprint density at radius 3 is 2.33 bits per heavy atom. The molecule has 1 aromatic heterocycles. The summed E-state index contributed by atoms with van der Waals surface area (Å²) in [5.74, 6) is -0.131. The van der Waals surface area contributed by atoms with Crippen molar-refractivity contribution in [2.75, 3.05) is 69.6 Å². The number of aromatic amines is 1. The fraction of sp³-hybridized carbons (Fsp3) is 0.414. The van der Waals surface area contributed by atoms with Crippen molar-refractivity contribution >= 4 is 23.2 Å². The molecular formula is C29H36N8O2. The Morgan fingerprint density at radius 1 is 0.923 bits per heavy atom. The number of amides is 2. The lowest BCUT2D eigenvalue weighted by atomic mass is 10.0. The molecule has 1 aliphatic carbocycles. The van der Waals surface area contributed by atoms with Crippen molar-refractivity contribution in [2.24, 2.45) is 0 Å². The zero-order valence-electron chi connectivity index (χ0n) is 22.8. The van der Waals surface area contributed by atoms with Crippen LogP contribution in [0.3, 0.4) is 0 Å². The highest BCUT2D eigenvalue weighted by Crippen LogP contribution is 2.43. The first-order valence-corrected chi connectivity index (χ1v) is 13.8. The third kappa shape index (κ3) is 4.91. The normalized spacial score (nSPS) is 18.4. The molecule has 0 unspecified atom stereocenters. The van der Waals surface area contributed by atoms with Crippen LogP contribution in [-0.4, -0.2) is 102 Å². The van der Waals surface area contributed by atoms with Gasteiger partial charge in [-0.2, -0.15) is 5.10 Å². The van der Waals surface area contributed by atoms with Crippen LogP contribution >= 0.6 is 0 Å². The molecule has 6 rings (SSSR count). The van der Waals surface area contributed by atoms with Crippen molar-refractivity contribution in [3.05, 3.63) is 53.6 Å². The van der Waals surface area contributed by atoms with E-state index in [-0.39, 0.29) is 11.8 Å². The predicted molar refractivity (Wildman–Crippen MR) is 153 cm³/mol. The highest BCUT2D eigenvalue weighted by atomic mass is 16.2. The van der Waals surface area contributed by atoms with Crippen LogP contribution < -0.4 is 15.6 Å². The summed E-state index contributed by atoms with van der Waals surface area (Å²) in [5, 5.41) is 12.4. The number of benzene rings is 2. The molecule has 10 heteroatoms. The largest absolute Gasteiger partial charge is 0.369 e. The number of hydrazine groups is 1. The van der Waals surface area contributed by atoms with Gasteiger partial charge in [-0.15, -0.1) is 0 Å². The monoisotopic (exact) mass is 528 g/mol. The van der Waals surface area contributed by atoms with E-state index in [1.54, 1.807) is 6.07 Å². The Bertz CT molecular complexity index is 1370. The van der Waals surface area contributed by atoms with E-state index in [0.29, 0.717) is 34.2 Å². The summed E-state index contributed by atoms with van der Waals surface area (Å²) in [6.45, 7) is 11.9. The summed E-state index contributed by atoms with van der Waals surface area (Å²) in [6.07, 6.45) is 0. The molecule has 0 bridgehead atoms. The van der Waals surface area contributed by atoms with Crippen LogP contribution in [0, 0.1) is 0 Å². The van der Waals surface area contributed by atoms with E-state index >= 15 is 0 Å². The maximum absolute atomic E-state index is 13.7. The fourth-order valence-electron chi connectivity index (χ4n) is 5.74. The van der Waals surface area contributed by atoms with Crippen LogP contribution in [0.2, 0.25) is 0 Å². The van der Waals surface area contributed by atoms with E-state index < -0.39 is 0 Å². The number of carbonyl (C=O) groups is 2. The van der Waals surface area contributed by atoms with Gasteiger partial charge in [0.15, 0.2) is 5.78 Å². The first kappa shape index (κ1) is 25.5. The molecule has 0 saturated carbocycles. The Morgan fingerprint density at radius 2 is 1.64 bits per heavy atom.